The molecule has 3 aromatic carbocycles. The van der Waals surface area contributed by atoms with Gasteiger partial charge in [-0.2, -0.15) is 0 Å². The maximum atomic E-state index is 10.9. The second kappa shape index (κ2) is 11.6. The number of rotatable bonds is 12. The van der Waals surface area contributed by atoms with Crippen molar-refractivity contribution in [2.75, 3.05) is 39.6 Å². The average Bonchev–Trinajstić information content (AvgIpc) is 3.28. The molecule has 1 heterocycles. The lowest BCUT2D eigenvalue weighted by Gasteiger charge is -2.13. The molecular weight excluding hydrogens is 438 g/mol. The molecule has 0 saturated heterocycles. The van der Waals surface area contributed by atoms with Crippen LogP contribution in [0.2, 0.25) is 0 Å². The number of thiazole rings is 1. The number of carbonyl (C=O) groups is 1. The van der Waals surface area contributed by atoms with Crippen LogP contribution in [0.3, 0.4) is 0 Å². The number of aromatic nitrogens is 1. The van der Waals surface area contributed by atoms with Crippen LogP contribution in [0.15, 0.2) is 73.3 Å². The fourth-order valence-electron chi connectivity index (χ4n) is 3.36. The van der Waals surface area contributed by atoms with Crippen molar-refractivity contribution in [3.05, 3.63) is 73.3 Å². The van der Waals surface area contributed by atoms with E-state index in [4.69, 9.17) is 23.9 Å². The number of esters is 1. The maximum Gasteiger partial charge on any atom is 0.330 e. The van der Waals surface area contributed by atoms with Gasteiger partial charge in [-0.15, -0.1) is 11.3 Å². The Balaban J connectivity index is 1.34. The molecule has 0 radical (unpaired) electrons. The number of benzene rings is 3. The topological polar surface area (TPSA) is 66.9 Å². The number of fused-ring (bicyclic) bond motifs is 2. The lowest BCUT2D eigenvalue weighted by molar-refractivity contribution is -0.139. The Kier molecular flexibility index (Phi) is 8.03. The van der Waals surface area contributed by atoms with E-state index < -0.39 is 5.97 Å². The number of hydrogen-bond donors (Lipinski definition) is 0. The van der Waals surface area contributed by atoms with Crippen LogP contribution in [0.4, 0.5) is 0 Å². The molecule has 170 valence electrons. The Morgan fingerprint density at radius 3 is 2.42 bits per heavy atom. The molecule has 4 aromatic rings. The summed E-state index contributed by atoms with van der Waals surface area (Å²) in [4.78, 5) is 15.8. The summed E-state index contributed by atoms with van der Waals surface area (Å²) in [7, 11) is 0. The van der Waals surface area contributed by atoms with E-state index >= 15 is 0 Å². The number of carbonyl (C=O) groups excluding carboxylic acids is 1. The molecule has 0 atom stereocenters. The van der Waals surface area contributed by atoms with Crippen LogP contribution < -0.4 is 4.74 Å². The fraction of sp³-hybridized carbons (Fsp3) is 0.231. The van der Waals surface area contributed by atoms with E-state index in [1.165, 1.54) is 0 Å². The van der Waals surface area contributed by atoms with Crippen LogP contribution in [0, 0.1) is 0 Å². The van der Waals surface area contributed by atoms with Crippen molar-refractivity contribution in [3.63, 3.8) is 0 Å². The van der Waals surface area contributed by atoms with Gasteiger partial charge in [0.15, 0.2) is 0 Å². The molecule has 0 unspecified atom stereocenters. The summed E-state index contributed by atoms with van der Waals surface area (Å²) in [6.45, 7) is 5.55. The first-order valence-corrected chi connectivity index (χ1v) is 11.5. The van der Waals surface area contributed by atoms with Gasteiger partial charge in [-0.3, -0.25) is 0 Å². The van der Waals surface area contributed by atoms with Crippen LogP contribution in [-0.2, 0) is 19.0 Å². The molecule has 0 bridgehead atoms. The highest BCUT2D eigenvalue weighted by Gasteiger charge is 2.15. The van der Waals surface area contributed by atoms with Crippen molar-refractivity contribution < 1.29 is 23.7 Å². The standard InChI is InChI=1S/C26H25NO5S/c1-2-24(28)32-18-16-30-14-13-29-15-17-31-22-12-11-19-7-3-4-8-20(19)25(22)26-27-21-9-5-6-10-23(21)33-26/h2-12H,1,13-18H2. The van der Waals surface area contributed by atoms with E-state index in [1.807, 2.05) is 36.4 Å². The largest absolute Gasteiger partial charge is 0.490 e. The summed E-state index contributed by atoms with van der Waals surface area (Å²) in [5.74, 6) is 0.336. The molecular formula is C26H25NO5S. The predicted octanol–water partition coefficient (Wildman–Crippen LogP) is 5.26. The lowest BCUT2D eigenvalue weighted by Crippen LogP contribution is -2.13. The third-order valence-corrected chi connectivity index (χ3v) is 5.95. The summed E-state index contributed by atoms with van der Waals surface area (Å²) in [5.41, 5.74) is 1.99. The second-order valence-corrected chi connectivity index (χ2v) is 8.12. The van der Waals surface area contributed by atoms with Crippen molar-refractivity contribution in [2.45, 2.75) is 0 Å². The van der Waals surface area contributed by atoms with Crippen molar-refractivity contribution in [1.29, 1.82) is 0 Å². The smallest absolute Gasteiger partial charge is 0.330 e. The Morgan fingerprint density at radius 1 is 0.879 bits per heavy atom. The normalized spacial score (nSPS) is 11.0. The highest BCUT2D eigenvalue weighted by atomic mass is 32.1. The zero-order valence-electron chi connectivity index (χ0n) is 18.2. The number of ether oxygens (including phenoxy) is 4. The number of hydrogen-bond acceptors (Lipinski definition) is 7. The average molecular weight is 464 g/mol. The first-order valence-electron chi connectivity index (χ1n) is 10.7. The van der Waals surface area contributed by atoms with Crippen LogP contribution in [-0.4, -0.2) is 50.6 Å². The van der Waals surface area contributed by atoms with Crippen molar-refractivity contribution in [3.8, 4) is 16.3 Å². The molecule has 7 heteroatoms. The fourth-order valence-corrected chi connectivity index (χ4v) is 4.39. The third-order valence-electron chi connectivity index (χ3n) is 4.89. The molecule has 0 fully saturated rings. The molecule has 0 aliphatic heterocycles. The predicted molar refractivity (Wildman–Crippen MR) is 131 cm³/mol. The van der Waals surface area contributed by atoms with Gasteiger partial charge in [0.1, 0.15) is 24.0 Å². The van der Waals surface area contributed by atoms with Crippen molar-refractivity contribution in [2.24, 2.45) is 0 Å². The zero-order chi connectivity index (χ0) is 22.9. The van der Waals surface area contributed by atoms with E-state index in [2.05, 4.69) is 30.8 Å². The van der Waals surface area contributed by atoms with Gasteiger partial charge in [0.2, 0.25) is 0 Å². The summed E-state index contributed by atoms with van der Waals surface area (Å²) in [6.07, 6.45) is 1.13. The molecule has 0 N–H and O–H groups in total. The zero-order valence-corrected chi connectivity index (χ0v) is 19.0. The molecule has 0 amide bonds. The van der Waals surface area contributed by atoms with Gasteiger partial charge >= 0.3 is 5.97 Å². The van der Waals surface area contributed by atoms with E-state index in [0.717, 1.165) is 43.4 Å². The summed E-state index contributed by atoms with van der Waals surface area (Å²) >= 11 is 1.66. The van der Waals surface area contributed by atoms with Crippen LogP contribution >= 0.6 is 11.3 Å². The Bertz CT molecular complexity index is 1200. The SMILES string of the molecule is C=CC(=O)OCCOCCOCCOc1ccc2ccccc2c1-c1nc2ccccc2s1. The van der Waals surface area contributed by atoms with Crippen molar-refractivity contribution in [1.82, 2.24) is 4.98 Å². The molecule has 0 spiro atoms. The highest BCUT2D eigenvalue weighted by Crippen LogP contribution is 2.40. The molecule has 0 aliphatic carbocycles. The Hall–Kier alpha value is -3.26. The number of para-hydroxylation sites is 1. The molecule has 1 aromatic heterocycles. The molecule has 33 heavy (non-hydrogen) atoms. The van der Waals surface area contributed by atoms with Crippen molar-refractivity contribution >= 4 is 38.3 Å². The number of nitrogens with zero attached hydrogens (tertiary/aromatic N) is 1. The summed E-state index contributed by atoms with van der Waals surface area (Å²) in [6, 6.07) is 20.5. The van der Waals surface area contributed by atoms with Gasteiger partial charge in [0.05, 0.1) is 42.2 Å². The van der Waals surface area contributed by atoms with Crippen LogP contribution in [0.25, 0.3) is 31.6 Å². The van der Waals surface area contributed by atoms with Gasteiger partial charge in [-0.25, -0.2) is 9.78 Å². The van der Waals surface area contributed by atoms with E-state index in [9.17, 15) is 4.79 Å². The molecule has 0 saturated carbocycles. The first-order chi connectivity index (χ1) is 16.3. The van der Waals surface area contributed by atoms with Gasteiger partial charge in [-0.05, 0) is 29.0 Å². The molecule has 0 aliphatic rings. The van der Waals surface area contributed by atoms with Gasteiger partial charge in [-0.1, -0.05) is 49.0 Å². The summed E-state index contributed by atoms with van der Waals surface area (Å²) < 4.78 is 23.1. The molecule has 4 rings (SSSR count). The van der Waals surface area contributed by atoms with Gasteiger partial charge in [0.25, 0.3) is 0 Å². The quantitative estimate of drug-likeness (QED) is 0.162. The summed E-state index contributed by atoms with van der Waals surface area (Å²) in [5, 5.41) is 3.20. The molecule has 6 nitrogen and oxygen atoms in total. The van der Waals surface area contributed by atoms with E-state index in [1.54, 1.807) is 11.3 Å². The van der Waals surface area contributed by atoms with E-state index in [0.29, 0.717) is 33.0 Å². The van der Waals surface area contributed by atoms with Crippen LogP contribution in [0.1, 0.15) is 0 Å². The minimum Gasteiger partial charge on any atom is -0.490 e. The minimum absolute atomic E-state index is 0.199. The minimum atomic E-state index is -0.453. The monoisotopic (exact) mass is 463 g/mol. The van der Waals surface area contributed by atoms with Gasteiger partial charge in [0, 0.05) is 6.08 Å². The Labute approximate surface area is 196 Å². The maximum absolute atomic E-state index is 10.9. The lowest BCUT2D eigenvalue weighted by atomic mass is 10.0. The first kappa shape index (κ1) is 22.9. The third kappa shape index (κ3) is 5.96. The van der Waals surface area contributed by atoms with Gasteiger partial charge < -0.3 is 18.9 Å². The van der Waals surface area contributed by atoms with E-state index in [-0.39, 0.29) is 6.61 Å². The van der Waals surface area contributed by atoms with Crippen LogP contribution in [0.5, 0.6) is 5.75 Å². The second-order valence-electron chi connectivity index (χ2n) is 7.09. The Morgan fingerprint density at radius 2 is 1.61 bits per heavy atom. The highest BCUT2D eigenvalue weighted by molar-refractivity contribution is 7.21.